The van der Waals surface area contributed by atoms with Gasteiger partial charge in [-0.2, -0.15) is 0 Å². The lowest BCUT2D eigenvalue weighted by Crippen LogP contribution is -2.30. The first-order valence-corrected chi connectivity index (χ1v) is 9.32. The van der Waals surface area contributed by atoms with Gasteiger partial charge in [0.15, 0.2) is 0 Å². The van der Waals surface area contributed by atoms with E-state index in [1.54, 1.807) is 36.4 Å². The molecule has 0 saturated carbocycles. The molecule has 0 unspecified atom stereocenters. The normalized spacial score (nSPS) is 14.9. The summed E-state index contributed by atoms with van der Waals surface area (Å²) in [7, 11) is 0. The van der Waals surface area contributed by atoms with Crippen LogP contribution in [0.2, 0.25) is 5.02 Å². The fourth-order valence-electron chi connectivity index (χ4n) is 2.90. The molecule has 0 saturated heterocycles. The lowest BCUT2D eigenvalue weighted by atomic mass is 9.94. The monoisotopic (exact) mass is 505 g/mol. The number of allylic oxidation sites excluding steroid dienone is 3. The van der Waals surface area contributed by atoms with Crippen molar-refractivity contribution in [2.24, 2.45) is 0 Å². The van der Waals surface area contributed by atoms with Gasteiger partial charge >= 0.3 is 0 Å². The van der Waals surface area contributed by atoms with Crippen LogP contribution in [0.3, 0.4) is 0 Å². The molecule has 3 rings (SSSR count). The van der Waals surface area contributed by atoms with Crippen LogP contribution < -0.4 is 0 Å². The van der Waals surface area contributed by atoms with Crippen LogP contribution in [0.15, 0.2) is 64.4 Å². The molecule has 0 aromatic heterocycles. The van der Waals surface area contributed by atoms with Gasteiger partial charge in [-0.1, -0.05) is 48.5 Å². The van der Waals surface area contributed by atoms with Crippen molar-refractivity contribution in [3.8, 4) is 0 Å². The second-order valence-corrected chi connectivity index (χ2v) is 7.41. The third-order valence-corrected chi connectivity index (χ3v) is 5.20. The molecule has 2 aromatic rings. The van der Waals surface area contributed by atoms with Crippen LogP contribution in [0, 0.1) is 11.6 Å². The molecule has 0 fully saturated rings. The average Bonchev–Trinajstić information content (AvgIpc) is 2.60. The molecule has 0 bridgehead atoms. The van der Waals surface area contributed by atoms with Crippen LogP contribution in [0.5, 0.6) is 0 Å². The Kier molecular flexibility index (Phi) is 5.95. The first kappa shape index (κ1) is 19.9. The largest absolute Gasteiger partial charge is 0.334 e. The van der Waals surface area contributed by atoms with Crippen LogP contribution in [-0.2, 0) is 0 Å². The zero-order valence-corrected chi connectivity index (χ0v) is 16.7. The Morgan fingerprint density at radius 1 is 1.07 bits per heavy atom. The van der Waals surface area contributed by atoms with Gasteiger partial charge in [0.1, 0.15) is 11.6 Å². The van der Waals surface area contributed by atoms with Gasteiger partial charge in [-0.15, -0.1) is 0 Å². The summed E-state index contributed by atoms with van der Waals surface area (Å²) in [5, 5.41) is -0.115. The van der Waals surface area contributed by atoms with E-state index in [1.165, 1.54) is 0 Å². The lowest BCUT2D eigenvalue weighted by Gasteiger charge is -2.34. The minimum Gasteiger partial charge on any atom is -0.334 e. The molecule has 7 heteroatoms. The van der Waals surface area contributed by atoms with Gasteiger partial charge < -0.3 is 4.90 Å². The van der Waals surface area contributed by atoms with Crippen molar-refractivity contribution < 1.29 is 17.6 Å². The molecule has 27 heavy (non-hydrogen) atoms. The summed E-state index contributed by atoms with van der Waals surface area (Å²) in [6, 6.07) is 10.7. The van der Waals surface area contributed by atoms with E-state index in [4.69, 9.17) is 11.6 Å². The summed E-state index contributed by atoms with van der Waals surface area (Å²) in [6.07, 6.45) is -1.04. The molecule has 0 spiro atoms. The van der Waals surface area contributed by atoms with E-state index in [0.717, 1.165) is 17.0 Å². The maximum Gasteiger partial charge on any atom is 0.256 e. The Morgan fingerprint density at radius 3 is 2.22 bits per heavy atom. The van der Waals surface area contributed by atoms with Gasteiger partial charge in [-0.05, 0) is 46.4 Å². The van der Waals surface area contributed by atoms with Gasteiger partial charge in [-0.3, -0.25) is 0 Å². The minimum absolute atomic E-state index is 0.00131. The first-order valence-electron chi connectivity index (χ1n) is 7.86. The highest BCUT2D eigenvalue weighted by atomic mass is 127. The average molecular weight is 506 g/mol. The molecule has 0 amide bonds. The molecule has 0 aliphatic carbocycles. The zero-order valence-electron chi connectivity index (χ0n) is 13.8. The summed E-state index contributed by atoms with van der Waals surface area (Å²) in [5.41, 5.74) is 0.897. The minimum atomic E-state index is -2.73. The number of halogens is 6. The van der Waals surface area contributed by atoms with E-state index >= 15 is 0 Å². The van der Waals surface area contributed by atoms with Crippen molar-refractivity contribution in [2.75, 3.05) is 6.54 Å². The van der Waals surface area contributed by atoms with Crippen molar-refractivity contribution in [2.45, 2.75) is 6.43 Å². The van der Waals surface area contributed by atoms with Crippen molar-refractivity contribution in [3.05, 3.63) is 92.2 Å². The summed E-state index contributed by atoms with van der Waals surface area (Å²) >= 11 is 7.70. The van der Waals surface area contributed by atoms with Crippen LogP contribution in [0.25, 0.3) is 11.3 Å². The summed E-state index contributed by atoms with van der Waals surface area (Å²) in [5.74, 6) is -1.86. The van der Waals surface area contributed by atoms with E-state index in [1.807, 2.05) is 22.6 Å². The van der Waals surface area contributed by atoms with Gasteiger partial charge in [-0.25, -0.2) is 17.6 Å². The van der Waals surface area contributed by atoms with E-state index in [0.29, 0.717) is 14.7 Å². The molecule has 2 aromatic carbocycles. The Morgan fingerprint density at radius 2 is 1.67 bits per heavy atom. The Hall–Kier alpha value is -1.80. The lowest BCUT2D eigenvalue weighted by molar-refractivity contribution is 0.123. The van der Waals surface area contributed by atoms with E-state index in [-0.39, 0.29) is 16.4 Å². The molecule has 0 radical (unpaired) electrons. The highest BCUT2D eigenvalue weighted by Crippen LogP contribution is 2.43. The number of alkyl halides is 2. The van der Waals surface area contributed by atoms with Gasteiger partial charge in [0, 0.05) is 19.9 Å². The smallest absolute Gasteiger partial charge is 0.256 e. The van der Waals surface area contributed by atoms with Gasteiger partial charge in [0.2, 0.25) is 0 Å². The van der Waals surface area contributed by atoms with E-state index in [9.17, 15) is 17.6 Å². The molecule has 0 atom stereocenters. The first-order chi connectivity index (χ1) is 12.8. The SMILES string of the molecule is C=C1C(I)=CC(c2ccccc2)=C(c2c(F)cc(Cl)cc2F)N1CC(F)F. The number of rotatable bonds is 4. The van der Waals surface area contributed by atoms with Crippen LogP contribution >= 0.6 is 34.2 Å². The number of hydrogen-bond donors (Lipinski definition) is 0. The highest BCUT2D eigenvalue weighted by molar-refractivity contribution is 14.1. The zero-order chi connectivity index (χ0) is 19.7. The molecule has 1 nitrogen and oxygen atoms in total. The molecule has 1 aliphatic rings. The summed E-state index contributed by atoms with van der Waals surface area (Å²) in [4.78, 5) is 1.16. The van der Waals surface area contributed by atoms with Crippen molar-refractivity contribution in [1.29, 1.82) is 0 Å². The number of hydrogen-bond acceptors (Lipinski definition) is 1. The molecule has 0 N–H and O–H groups in total. The van der Waals surface area contributed by atoms with Crippen LogP contribution in [0.1, 0.15) is 11.1 Å². The predicted octanol–water partition coefficient (Wildman–Crippen LogP) is 6.90. The second kappa shape index (κ2) is 8.06. The standard InChI is InChI=1S/C20H13ClF4IN/c1-11-17(26)9-14(12-5-3-2-4-6-12)20(27(11)10-18(24)25)19-15(22)7-13(21)8-16(19)23/h2-9,18H,1,10H2. The third kappa shape index (κ3) is 4.06. The summed E-state index contributed by atoms with van der Waals surface area (Å²) < 4.78 is 56.5. The van der Waals surface area contributed by atoms with Crippen molar-refractivity contribution in [1.82, 2.24) is 4.90 Å². The Balaban J connectivity index is 2.36. The maximum absolute atomic E-state index is 14.7. The summed E-state index contributed by atoms with van der Waals surface area (Å²) in [6.45, 7) is 3.08. The quantitative estimate of drug-likeness (QED) is 0.323. The highest BCUT2D eigenvalue weighted by Gasteiger charge is 2.31. The van der Waals surface area contributed by atoms with E-state index in [2.05, 4.69) is 6.58 Å². The molecule has 140 valence electrons. The van der Waals surface area contributed by atoms with Crippen molar-refractivity contribution >= 4 is 45.5 Å². The molecule has 1 aliphatic heterocycles. The number of nitrogens with zero attached hydrogens (tertiary/aromatic N) is 1. The maximum atomic E-state index is 14.7. The van der Waals surface area contributed by atoms with Gasteiger partial charge in [0.25, 0.3) is 6.43 Å². The number of benzene rings is 2. The third-order valence-electron chi connectivity index (χ3n) is 4.05. The predicted molar refractivity (Wildman–Crippen MR) is 109 cm³/mol. The fraction of sp³-hybridized carbons (Fsp3) is 0.100. The molecule has 1 heterocycles. The van der Waals surface area contributed by atoms with Crippen LogP contribution in [0.4, 0.5) is 17.6 Å². The van der Waals surface area contributed by atoms with Crippen molar-refractivity contribution in [3.63, 3.8) is 0 Å². The van der Waals surface area contributed by atoms with Crippen LogP contribution in [-0.4, -0.2) is 17.9 Å². The van der Waals surface area contributed by atoms with E-state index < -0.39 is 30.2 Å². The molecular weight excluding hydrogens is 493 g/mol. The van der Waals surface area contributed by atoms with Gasteiger partial charge in [0.05, 0.1) is 17.8 Å². The topological polar surface area (TPSA) is 3.24 Å². The fourth-order valence-corrected chi connectivity index (χ4v) is 3.70. The molecular formula is C20H13ClF4IN. The second-order valence-electron chi connectivity index (χ2n) is 5.81. The Labute approximate surface area is 172 Å². The Bertz CT molecular complexity index is 931.